The maximum Gasteiger partial charge on any atom is 0.326 e. The third-order valence-electron chi connectivity index (χ3n) is 4.36. The van der Waals surface area contributed by atoms with Gasteiger partial charge in [0.25, 0.3) is 0 Å². The highest BCUT2D eigenvalue weighted by Gasteiger charge is 2.47. The molecule has 1 saturated carbocycles. The Balaban J connectivity index is 1.97. The minimum atomic E-state index is -0.643. The summed E-state index contributed by atoms with van der Waals surface area (Å²) in [6.07, 6.45) is 2.63. The summed E-state index contributed by atoms with van der Waals surface area (Å²) < 4.78 is 16.6. The third kappa shape index (κ3) is 3.17. The molecule has 2 atom stereocenters. The average Bonchev–Trinajstić information content (AvgIpc) is 2.86. The first-order valence-electron chi connectivity index (χ1n) is 7.06. The second kappa shape index (κ2) is 6.33. The Morgan fingerprint density at radius 1 is 1.47 bits per heavy atom. The van der Waals surface area contributed by atoms with Gasteiger partial charge in [0.1, 0.15) is 5.54 Å². The van der Waals surface area contributed by atoms with Gasteiger partial charge in [-0.15, -0.1) is 0 Å². The lowest BCUT2D eigenvalue weighted by atomic mass is 9.97. The molecule has 2 aliphatic rings. The van der Waals surface area contributed by atoms with Gasteiger partial charge < -0.3 is 10.1 Å². The van der Waals surface area contributed by atoms with E-state index in [9.17, 15) is 9.00 Å². The molecule has 2 unspecified atom stereocenters. The van der Waals surface area contributed by atoms with Gasteiger partial charge in [0, 0.05) is 41.4 Å². The van der Waals surface area contributed by atoms with E-state index in [0.717, 1.165) is 43.9 Å². The molecule has 1 N–H and O–H groups in total. The van der Waals surface area contributed by atoms with E-state index >= 15 is 0 Å². The van der Waals surface area contributed by atoms with Crippen LogP contribution in [0.4, 0.5) is 0 Å². The van der Waals surface area contributed by atoms with Crippen LogP contribution in [-0.2, 0) is 20.3 Å². The summed E-state index contributed by atoms with van der Waals surface area (Å²) >= 11 is 0. The number of hydrogen-bond donors (Lipinski definition) is 1. The number of nitrogens with one attached hydrogen (secondary N) is 1. The van der Waals surface area contributed by atoms with Crippen molar-refractivity contribution in [3.8, 4) is 0 Å². The first-order chi connectivity index (χ1) is 9.11. The van der Waals surface area contributed by atoms with Gasteiger partial charge in [0.2, 0.25) is 0 Å². The number of ether oxygens (including phenoxy) is 1. The largest absolute Gasteiger partial charge is 0.465 e. The van der Waals surface area contributed by atoms with Crippen molar-refractivity contribution in [1.82, 2.24) is 10.2 Å². The van der Waals surface area contributed by atoms with Gasteiger partial charge in [0.05, 0.1) is 6.61 Å². The summed E-state index contributed by atoms with van der Waals surface area (Å²) in [6.45, 7) is 4.04. The van der Waals surface area contributed by atoms with Crippen molar-refractivity contribution in [2.45, 2.75) is 37.8 Å². The zero-order valence-electron chi connectivity index (χ0n) is 11.8. The average molecular weight is 288 g/mol. The van der Waals surface area contributed by atoms with E-state index in [1.54, 1.807) is 0 Å². The lowest BCUT2D eigenvalue weighted by Gasteiger charge is -2.33. The van der Waals surface area contributed by atoms with E-state index in [2.05, 4.69) is 10.2 Å². The van der Waals surface area contributed by atoms with Gasteiger partial charge in [0.15, 0.2) is 0 Å². The van der Waals surface area contributed by atoms with Crippen LogP contribution >= 0.6 is 0 Å². The molecule has 0 spiro atoms. The molecule has 1 saturated heterocycles. The van der Waals surface area contributed by atoms with Crippen LogP contribution in [0.1, 0.15) is 26.2 Å². The molecule has 110 valence electrons. The fourth-order valence-corrected chi connectivity index (χ4v) is 4.21. The van der Waals surface area contributed by atoms with Gasteiger partial charge in [-0.2, -0.15) is 0 Å². The van der Waals surface area contributed by atoms with Gasteiger partial charge in [-0.25, -0.2) is 0 Å². The Bertz CT molecular complexity index is 354. The number of likely N-dealkylation sites (N-methyl/N-ethyl adjacent to an activating group) is 1. The summed E-state index contributed by atoms with van der Waals surface area (Å²) in [7, 11) is 1.20. The first kappa shape index (κ1) is 14.9. The molecule has 0 bridgehead atoms. The SMILES string of the molecule is CCOC(=O)C1(NC)CCC(N2CCS(=O)CC2)C1. The van der Waals surface area contributed by atoms with E-state index in [0.29, 0.717) is 12.6 Å². The lowest BCUT2D eigenvalue weighted by Crippen LogP contribution is -2.51. The number of nitrogens with zero attached hydrogens (tertiary/aromatic N) is 1. The van der Waals surface area contributed by atoms with Crippen molar-refractivity contribution in [2.75, 3.05) is 38.2 Å². The Labute approximate surface area is 117 Å². The van der Waals surface area contributed by atoms with Crippen LogP contribution < -0.4 is 5.32 Å². The van der Waals surface area contributed by atoms with E-state index in [4.69, 9.17) is 4.74 Å². The molecule has 2 rings (SSSR count). The van der Waals surface area contributed by atoms with Crippen molar-refractivity contribution in [1.29, 1.82) is 0 Å². The number of esters is 1. The highest BCUT2D eigenvalue weighted by Crippen LogP contribution is 2.34. The van der Waals surface area contributed by atoms with Crippen molar-refractivity contribution in [3.05, 3.63) is 0 Å². The van der Waals surface area contributed by atoms with Crippen molar-refractivity contribution < 1.29 is 13.7 Å². The molecule has 0 aromatic heterocycles. The Morgan fingerprint density at radius 3 is 2.74 bits per heavy atom. The van der Waals surface area contributed by atoms with E-state index in [-0.39, 0.29) is 5.97 Å². The smallest absolute Gasteiger partial charge is 0.326 e. The number of rotatable bonds is 4. The van der Waals surface area contributed by atoms with Crippen LogP contribution in [0.15, 0.2) is 0 Å². The lowest BCUT2D eigenvalue weighted by molar-refractivity contribution is -0.151. The van der Waals surface area contributed by atoms with E-state index in [1.165, 1.54) is 0 Å². The van der Waals surface area contributed by atoms with Crippen molar-refractivity contribution in [2.24, 2.45) is 0 Å². The van der Waals surface area contributed by atoms with E-state index in [1.807, 2.05) is 14.0 Å². The van der Waals surface area contributed by atoms with Gasteiger partial charge in [-0.1, -0.05) is 0 Å². The topological polar surface area (TPSA) is 58.6 Å². The minimum absolute atomic E-state index is 0.124. The molecule has 1 aliphatic carbocycles. The maximum absolute atomic E-state index is 12.1. The number of carbonyl (C=O) groups excluding carboxylic acids is 1. The van der Waals surface area contributed by atoms with E-state index < -0.39 is 16.3 Å². The highest BCUT2D eigenvalue weighted by molar-refractivity contribution is 7.85. The minimum Gasteiger partial charge on any atom is -0.465 e. The molecule has 5 nitrogen and oxygen atoms in total. The van der Waals surface area contributed by atoms with Crippen LogP contribution in [0.2, 0.25) is 0 Å². The quantitative estimate of drug-likeness (QED) is 0.745. The summed E-state index contributed by atoms with van der Waals surface area (Å²) in [5.74, 6) is 1.41. The molecule has 19 heavy (non-hydrogen) atoms. The Morgan fingerprint density at radius 2 is 2.16 bits per heavy atom. The van der Waals surface area contributed by atoms with Crippen molar-refractivity contribution >= 4 is 16.8 Å². The van der Waals surface area contributed by atoms with Gasteiger partial charge in [-0.3, -0.25) is 13.9 Å². The number of hydrogen-bond acceptors (Lipinski definition) is 5. The fraction of sp³-hybridized carbons (Fsp3) is 0.923. The fourth-order valence-electron chi connectivity index (χ4n) is 3.13. The summed E-state index contributed by atoms with van der Waals surface area (Å²) in [6, 6.07) is 0.411. The van der Waals surface area contributed by atoms with Crippen LogP contribution in [0.25, 0.3) is 0 Å². The summed E-state index contributed by atoms with van der Waals surface area (Å²) in [5.41, 5.74) is -0.517. The summed E-state index contributed by atoms with van der Waals surface area (Å²) in [4.78, 5) is 14.5. The second-order valence-corrected chi connectivity index (χ2v) is 7.03. The van der Waals surface area contributed by atoms with Crippen LogP contribution in [-0.4, -0.2) is 64.9 Å². The highest BCUT2D eigenvalue weighted by atomic mass is 32.2. The molecule has 2 fully saturated rings. The molecule has 0 aromatic carbocycles. The molecule has 1 heterocycles. The van der Waals surface area contributed by atoms with Crippen LogP contribution in [0.3, 0.4) is 0 Å². The standard InChI is InChI=1S/C13H24N2O3S/c1-3-18-12(16)13(14-2)5-4-11(10-13)15-6-8-19(17)9-7-15/h11,14H,3-10H2,1-2H3. The van der Waals surface area contributed by atoms with Crippen molar-refractivity contribution in [3.63, 3.8) is 0 Å². The maximum atomic E-state index is 12.1. The predicted octanol–water partition coefficient (Wildman–Crippen LogP) is 0.125. The molecule has 0 aromatic rings. The molecular weight excluding hydrogens is 264 g/mol. The molecule has 0 radical (unpaired) electrons. The molecule has 6 heteroatoms. The molecular formula is C13H24N2O3S. The summed E-state index contributed by atoms with van der Waals surface area (Å²) in [5, 5.41) is 3.18. The Kier molecular flexibility index (Phi) is 4.97. The first-order valence-corrected chi connectivity index (χ1v) is 8.55. The van der Waals surface area contributed by atoms with Crippen LogP contribution in [0.5, 0.6) is 0 Å². The van der Waals surface area contributed by atoms with Gasteiger partial charge >= 0.3 is 5.97 Å². The normalized spacial score (nSPS) is 33.5. The second-order valence-electron chi connectivity index (χ2n) is 5.33. The Hall–Kier alpha value is -0.460. The molecule has 0 amide bonds. The third-order valence-corrected chi connectivity index (χ3v) is 5.64. The zero-order valence-corrected chi connectivity index (χ0v) is 12.6. The van der Waals surface area contributed by atoms with Gasteiger partial charge in [-0.05, 0) is 33.2 Å². The number of carbonyl (C=O) groups is 1. The van der Waals surface area contributed by atoms with Crippen LogP contribution in [0, 0.1) is 0 Å². The predicted molar refractivity (Wildman–Crippen MR) is 75.5 cm³/mol. The monoisotopic (exact) mass is 288 g/mol. The molecule has 1 aliphatic heterocycles. The zero-order chi connectivity index (χ0) is 13.9.